The minimum absolute atomic E-state index is 0.0142. The van der Waals surface area contributed by atoms with E-state index in [1.807, 2.05) is 0 Å². The van der Waals surface area contributed by atoms with E-state index in [2.05, 4.69) is 15.5 Å². The largest absolute Gasteiger partial charge is 0.339 e. The van der Waals surface area contributed by atoms with Crippen LogP contribution in [0.2, 0.25) is 0 Å². The lowest BCUT2D eigenvalue weighted by atomic mass is 9.87. The molecule has 0 bridgehead atoms. The maximum absolute atomic E-state index is 13.1. The summed E-state index contributed by atoms with van der Waals surface area (Å²) in [6.07, 6.45) is 3.95. The lowest BCUT2D eigenvalue weighted by Gasteiger charge is -2.25. The van der Waals surface area contributed by atoms with Crippen LogP contribution in [-0.2, 0) is 6.42 Å². The zero-order chi connectivity index (χ0) is 14.0. The summed E-state index contributed by atoms with van der Waals surface area (Å²) in [6, 6.07) is 0. The average molecular weight is 285 g/mol. The summed E-state index contributed by atoms with van der Waals surface area (Å²) in [6.45, 7) is 2.09. The van der Waals surface area contributed by atoms with Crippen LogP contribution >= 0.6 is 0 Å². The number of hydrogen-bond acceptors (Lipinski definition) is 4. The number of nitrogens with zero attached hydrogens (tertiary/aromatic N) is 2. The Kier molecular flexibility index (Phi) is 4.01. The summed E-state index contributed by atoms with van der Waals surface area (Å²) < 4.78 is 31.6. The van der Waals surface area contributed by atoms with Gasteiger partial charge < -0.3 is 9.84 Å². The molecule has 0 spiro atoms. The Morgan fingerprint density at radius 2 is 2.05 bits per heavy atom. The second kappa shape index (κ2) is 5.76. The molecule has 0 amide bonds. The second-order valence-corrected chi connectivity index (χ2v) is 6.10. The van der Waals surface area contributed by atoms with Crippen LogP contribution in [0.5, 0.6) is 0 Å². The van der Waals surface area contributed by atoms with Crippen molar-refractivity contribution in [3.63, 3.8) is 0 Å². The summed E-state index contributed by atoms with van der Waals surface area (Å²) in [5.74, 6) is -0.650. The highest BCUT2D eigenvalue weighted by atomic mass is 19.3. The second-order valence-electron chi connectivity index (χ2n) is 6.10. The first kappa shape index (κ1) is 13.9. The molecule has 1 saturated carbocycles. The van der Waals surface area contributed by atoms with Gasteiger partial charge in [0.1, 0.15) is 0 Å². The first-order valence-corrected chi connectivity index (χ1v) is 7.53. The van der Waals surface area contributed by atoms with E-state index in [0.29, 0.717) is 24.7 Å². The summed E-state index contributed by atoms with van der Waals surface area (Å²) in [5, 5.41) is 7.39. The maximum atomic E-state index is 13.1. The summed E-state index contributed by atoms with van der Waals surface area (Å²) >= 11 is 0. The Bertz CT molecular complexity index is 433. The molecule has 1 saturated heterocycles. The van der Waals surface area contributed by atoms with E-state index in [0.717, 1.165) is 25.3 Å². The van der Waals surface area contributed by atoms with Gasteiger partial charge in [-0.05, 0) is 44.7 Å². The van der Waals surface area contributed by atoms with Gasteiger partial charge in [-0.1, -0.05) is 5.16 Å². The zero-order valence-corrected chi connectivity index (χ0v) is 11.6. The Morgan fingerprint density at radius 3 is 2.75 bits per heavy atom. The maximum Gasteiger partial charge on any atom is 0.248 e. The highest BCUT2D eigenvalue weighted by Crippen LogP contribution is 2.40. The van der Waals surface area contributed by atoms with Gasteiger partial charge in [0.05, 0.1) is 0 Å². The molecule has 2 heterocycles. The third-order valence-corrected chi connectivity index (χ3v) is 4.42. The van der Waals surface area contributed by atoms with Crippen molar-refractivity contribution in [2.75, 3.05) is 13.1 Å². The van der Waals surface area contributed by atoms with Gasteiger partial charge in [-0.25, -0.2) is 8.78 Å². The summed E-state index contributed by atoms with van der Waals surface area (Å²) in [7, 11) is 0. The van der Waals surface area contributed by atoms with Crippen molar-refractivity contribution in [2.24, 2.45) is 5.92 Å². The summed E-state index contributed by atoms with van der Waals surface area (Å²) in [4.78, 5) is 4.43. The Labute approximate surface area is 117 Å². The highest BCUT2D eigenvalue weighted by molar-refractivity contribution is 4.98. The lowest BCUT2D eigenvalue weighted by Crippen LogP contribution is -2.31. The molecular formula is C14H21F2N3O. The fourth-order valence-corrected chi connectivity index (χ4v) is 3.16. The molecule has 20 heavy (non-hydrogen) atoms. The average Bonchev–Trinajstić information content (AvgIpc) is 2.88. The smallest absolute Gasteiger partial charge is 0.248 e. The quantitative estimate of drug-likeness (QED) is 0.927. The SMILES string of the molecule is FC1(F)CCC(c2nc(CC3CCCNC3)no2)CC1. The molecule has 1 aliphatic carbocycles. The van der Waals surface area contributed by atoms with E-state index in [1.165, 1.54) is 12.8 Å². The van der Waals surface area contributed by atoms with E-state index >= 15 is 0 Å². The standard InChI is InChI=1S/C14H21F2N3O/c15-14(16)5-3-11(4-6-14)13-18-12(19-20-13)8-10-2-1-7-17-9-10/h10-11,17H,1-9H2. The topological polar surface area (TPSA) is 51.0 Å². The normalized spacial score (nSPS) is 27.6. The van der Waals surface area contributed by atoms with Crippen molar-refractivity contribution in [1.82, 2.24) is 15.5 Å². The van der Waals surface area contributed by atoms with Gasteiger partial charge >= 0.3 is 0 Å². The fraction of sp³-hybridized carbons (Fsp3) is 0.857. The van der Waals surface area contributed by atoms with E-state index in [9.17, 15) is 8.78 Å². The van der Waals surface area contributed by atoms with Crippen LogP contribution in [0, 0.1) is 5.92 Å². The molecule has 112 valence electrons. The van der Waals surface area contributed by atoms with Crippen LogP contribution in [0.25, 0.3) is 0 Å². The van der Waals surface area contributed by atoms with Gasteiger partial charge in [0.15, 0.2) is 5.82 Å². The molecule has 0 aromatic carbocycles. The zero-order valence-electron chi connectivity index (χ0n) is 11.6. The van der Waals surface area contributed by atoms with Crippen molar-refractivity contribution in [3.05, 3.63) is 11.7 Å². The number of halogens is 2. The van der Waals surface area contributed by atoms with E-state index in [1.54, 1.807) is 0 Å². The fourth-order valence-electron chi connectivity index (χ4n) is 3.16. The van der Waals surface area contributed by atoms with Gasteiger partial charge in [-0.3, -0.25) is 0 Å². The molecule has 1 aromatic rings. The van der Waals surface area contributed by atoms with Crippen molar-refractivity contribution < 1.29 is 13.3 Å². The number of aromatic nitrogens is 2. The summed E-state index contributed by atoms with van der Waals surface area (Å²) in [5.41, 5.74) is 0. The van der Waals surface area contributed by atoms with Gasteiger partial charge in [0.25, 0.3) is 0 Å². The Hall–Kier alpha value is -1.04. The first-order chi connectivity index (χ1) is 9.62. The monoisotopic (exact) mass is 285 g/mol. The Balaban J connectivity index is 1.56. The van der Waals surface area contributed by atoms with Crippen molar-refractivity contribution in [2.45, 2.75) is 56.8 Å². The Morgan fingerprint density at radius 1 is 1.25 bits per heavy atom. The first-order valence-electron chi connectivity index (χ1n) is 7.53. The molecule has 0 radical (unpaired) electrons. The van der Waals surface area contributed by atoms with Crippen molar-refractivity contribution >= 4 is 0 Å². The number of hydrogen-bond donors (Lipinski definition) is 1. The molecule has 2 fully saturated rings. The number of nitrogens with one attached hydrogen (secondary N) is 1. The van der Waals surface area contributed by atoms with Crippen LogP contribution in [0.1, 0.15) is 56.2 Å². The molecule has 6 heteroatoms. The number of rotatable bonds is 3. The van der Waals surface area contributed by atoms with Gasteiger partial charge in [-0.15, -0.1) is 0 Å². The highest BCUT2D eigenvalue weighted by Gasteiger charge is 2.37. The molecule has 1 N–H and O–H groups in total. The molecule has 1 atom stereocenters. The minimum atomic E-state index is -2.51. The predicted molar refractivity (Wildman–Crippen MR) is 69.8 cm³/mol. The molecule has 3 rings (SSSR count). The van der Waals surface area contributed by atoms with Gasteiger partial charge in [0, 0.05) is 25.2 Å². The third-order valence-electron chi connectivity index (χ3n) is 4.42. The molecule has 2 aliphatic rings. The number of piperidine rings is 1. The molecule has 1 aliphatic heterocycles. The molecule has 1 aromatic heterocycles. The minimum Gasteiger partial charge on any atom is -0.339 e. The lowest BCUT2D eigenvalue weighted by molar-refractivity contribution is -0.0402. The van der Waals surface area contributed by atoms with Crippen LogP contribution in [0.3, 0.4) is 0 Å². The van der Waals surface area contributed by atoms with Gasteiger partial charge in [-0.2, -0.15) is 4.98 Å². The molecular weight excluding hydrogens is 264 g/mol. The van der Waals surface area contributed by atoms with Crippen LogP contribution < -0.4 is 5.32 Å². The number of alkyl halides is 2. The van der Waals surface area contributed by atoms with Crippen molar-refractivity contribution in [1.29, 1.82) is 0 Å². The third kappa shape index (κ3) is 3.34. The van der Waals surface area contributed by atoms with Gasteiger partial charge in [0.2, 0.25) is 11.8 Å². The van der Waals surface area contributed by atoms with Crippen LogP contribution in [0.15, 0.2) is 4.52 Å². The predicted octanol–water partition coefficient (Wildman–Crippen LogP) is 2.90. The molecule has 1 unspecified atom stereocenters. The molecule has 4 nitrogen and oxygen atoms in total. The van der Waals surface area contributed by atoms with Crippen LogP contribution in [-0.4, -0.2) is 29.2 Å². The van der Waals surface area contributed by atoms with Crippen molar-refractivity contribution in [3.8, 4) is 0 Å². The van der Waals surface area contributed by atoms with Crippen LogP contribution in [0.4, 0.5) is 8.78 Å². The van der Waals surface area contributed by atoms with E-state index < -0.39 is 5.92 Å². The van der Waals surface area contributed by atoms with E-state index in [-0.39, 0.29) is 18.8 Å². The van der Waals surface area contributed by atoms with E-state index in [4.69, 9.17) is 4.52 Å².